The van der Waals surface area contributed by atoms with E-state index in [1.54, 1.807) is 6.20 Å². The van der Waals surface area contributed by atoms with E-state index in [-0.39, 0.29) is 24.0 Å². The molecule has 1 aromatic rings. The largest absolute Gasteiger partial charge is 0.303 e. The highest BCUT2D eigenvalue weighted by Gasteiger charge is 2.30. The van der Waals surface area contributed by atoms with Gasteiger partial charge in [-0.25, -0.2) is 0 Å². The van der Waals surface area contributed by atoms with E-state index in [1.165, 1.54) is 0 Å². The quantitative estimate of drug-likeness (QED) is 0.731. The molecule has 0 N–H and O–H groups in total. The molecular formula is C14H17NO2. The topological polar surface area (TPSA) is 47.0 Å². The van der Waals surface area contributed by atoms with Crippen LogP contribution in [0.25, 0.3) is 0 Å². The summed E-state index contributed by atoms with van der Waals surface area (Å²) < 4.78 is 0. The SMILES string of the molecule is O=CCC(C(=O)C1CCCC1)c1ccccn1. The molecule has 0 radical (unpaired) electrons. The van der Waals surface area contributed by atoms with Crippen molar-refractivity contribution in [2.75, 3.05) is 0 Å². The molecule has 2 rings (SSSR count). The van der Waals surface area contributed by atoms with Crippen LogP contribution in [0.3, 0.4) is 0 Å². The molecule has 0 aliphatic heterocycles. The van der Waals surface area contributed by atoms with Crippen LogP contribution < -0.4 is 0 Å². The molecule has 0 amide bonds. The first-order valence-corrected chi connectivity index (χ1v) is 6.21. The monoisotopic (exact) mass is 231 g/mol. The van der Waals surface area contributed by atoms with Crippen molar-refractivity contribution in [3.63, 3.8) is 0 Å². The number of aromatic nitrogens is 1. The highest BCUT2D eigenvalue weighted by atomic mass is 16.1. The predicted octanol–water partition coefficient (Wildman–Crippen LogP) is 2.51. The van der Waals surface area contributed by atoms with Crippen LogP contribution >= 0.6 is 0 Å². The molecule has 3 nitrogen and oxygen atoms in total. The van der Waals surface area contributed by atoms with Gasteiger partial charge in [-0.1, -0.05) is 18.9 Å². The first-order valence-electron chi connectivity index (χ1n) is 6.21. The lowest BCUT2D eigenvalue weighted by Crippen LogP contribution is -2.21. The summed E-state index contributed by atoms with van der Waals surface area (Å²) in [6.45, 7) is 0. The van der Waals surface area contributed by atoms with E-state index in [9.17, 15) is 9.59 Å². The van der Waals surface area contributed by atoms with Crippen LogP contribution in [0.1, 0.15) is 43.7 Å². The summed E-state index contributed by atoms with van der Waals surface area (Å²) in [7, 11) is 0. The zero-order valence-corrected chi connectivity index (χ0v) is 9.84. The Morgan fingerprint density at radius 2 is 2.18 bits per heavy atom. The van der Waals surface area contributed by atoms with Gasteiger partial charge in [0.15, 0.2) is 0 Å². The van der Waals surface area contributed by atoms with Crippen molar-refractivity contribution in [1.82, 2.24) is 4.98 Å². The molecule has 1 unspecified atom stereocenters. The van der Waals surface area contributed by atoms with Crippen LogP contribution in [0.2, 0.25) is 0 Å². The number of hydrogen-bond donors (Lipinski definition) is 0. The molecule has 1 heterocycles. The van der Waals surface area contributed by atoms with Gasteiger partial charge in [-0.05, 0) is 25.0 Å². The Balaban J connectivity index is 2.16. The Kier molecular flexibility index (Phi) is 4.02. The minimum atomic E-state index is -0.336. The number of nitrogens with zero attached hydrogens (tertiary/aromatic N) is 1. The lowest BCUT2D eigenvalue weighted by Gasteiger charge is -2.16. The third-order valence-corrected chi connectivity index (χ3v) is 3.48. The summed E-state index contributed by atoms with van der Waals surface area (Å²) in [5, 5.41) is 0. The van der Waals surface area contributed by atoms with Gasteiger partial charge in [-0.15, -0.1) is 0 Å². The standard InChI is InChI=1S/C14H17NO2/c16-10-8-12(13-7-3-4-9-15-13)14(17)11-5-1-2-6-11/h3-4,7,9-12H,1-2,5-6,8H2. The molecule has 1 fully saturated rings. The lowest BCUT2D eigenvalue weighted by molar-refractivity contribution is -0.125. The second-order valence-corrected chi connectivity index (χ2v) is 4.59. The molecule has 17 heavy (non-hydrogen) atoms. The number of hydrogen-bond acceptors (Lipinski definition) is 3. The van der Waals surface area contributed by atoms with E-state index < -0.39 is 0 Å². The van der Waals surface area contributed by atoms with E-state index in [0.29, 0.717) is 0 Å². The van der Waals surface area contributed by atoms with Crippen molar-refractivity contribution in [3.05, 3.63) is 30.1 Å². The second kappa shape index (κ2) is 5.71. The number of aldehydes is 1. The fourth-order valence-electron chi connectivity index (χ4n) is 2.56. The molecule has 0 saturated heterocycles. The fourth-order valence-corrected chi connectivity index (χ4v) is 2.56. The maximum absolute atomic E-state index is 12.3. The number of carbonyl (C=O) groups excluding carboxylic acids is 2. The number of pyridine rings is 1. The summed E-state index contributed by atoms with van der Waals surface area (Å²) in [4.78, 5) is 27.3. The van der Waals surface area contributed by atoms with E-state index >= 15 is 0 Å². The third-order valence-electron chi connectivity index (χ3n) is 3.48. The van der Waals surface area contributed by atoms with Crippen molar-refractivity contribution in [2.24, 2.45) is 5.92 Å². The Morgan fingerprint density at radius 1 is 1.41 bits per heavy atom. The Morgan fingerprint density at radius 3 is 2.76 bits per heavy atom. The number of carbonyl (C=O) groups is 2. The van der Waals surface area contributed by atoms with Crippen molar-refractivity contribution >= 4 is 12.1 Å². The minimum Gasteiger partial charge on any atom is -0.303 e. The lowest BCUT2D eigenvalue weighted by atomic mass is 9.87. The Labute approximate surface area is 101 Å². The van der Waals surface area contributed by atoms with Gasteiger partial charge in [0.05, 0.1) is 11.6 Å². The average Bonchev–Trinajstić information content (AvgIpc) is 2.90. The van der Waals surface area contributed by atoms with E-state index in [1.807, 2.05) is 18.2 Å². The van der Waals surface area contributed by atoms with Crippen LogP contribution in [-0.4, -0.2) is 17.1 Å². The third kappa shape index (κ3) is 2.78. The first kappa shape index (κ1) is 12.0. The molecule has 0 bridgehead atoms. The van der Waals surface area contributed by atoms with Gasteiger partial charge in [-0.3, -0.25) is 9.78 Å². The highest BCUT2D eigenvalue weighted by molar-refractivity contribution is 5.89. The van der Waals surface area contributed by atoms with Crippen LogP contribution in [-0.2, 0) is 9.59 Å². The maximum atomic E-state index is 12.3. The van der Waals surface area contributed by atoms with Crippen LogP contribution in [0.5, 0.6) is 0 Å². The molecule has 1 aromatic heterocycles. The van der Waals surface area contributed by atoms with Gasteiger partial charge in [0.1, 0.15) is 12.1 Å². The van der Waals surface area contributed by atoms with Crippen LogP contribution in [0.4, 0.5) is 0 Å². The van der Waals surface area contributed by atoms with Gasteiger partial charge in [0.25, 0.3) is 0 Å². The van der Waals surface area contributed by atoms with Crippen molar-refractivity contribution < 1.29 is 9.59 Å². The molecule has 0 aromatic carbocycles. The molecule has 3 heteroatoms. The summed E-state index contributed by atoms with van der Waals surface area (Å²) in [5.41, 5.74) is 0.733. The summed E-state index contributed by atoms with van der Waals surface area (Å²) in [5.74, 6) is 0.00653. The fraction of sp³-hybridized carbons (Fsp3) is 0.500. The zero-order valence-electron chi connectivity index (χ0n) is 9.84. The first-order chi connectivity index (χ1) is 8.33. The number of Topliss-reactive ketones (excluding diaryl/α,β-unsaturated/α-hetero) is 1. The molecule has 90 valence electrons. The minimum absolute atomic E-state index is 0.141. The average molecular weight is 231 g/mol. The second-order valence-electron chi connectivity index (χ2n) is 4.59. The van der Waals surface area contributed by atoms with E-state index in [0.717, 1.165) is 37.7 Å². The van der Waals surface area contributed by atoms with Crippen molar-refractivity contribution in [3.8, 4) is 0 Å². The van der Waals surface area contributed by atoms with Gasteiger partial charge in [-0.2, -0.15) is 0 Å². The number of ketones is 1. The van der Waals surface area contributed by atoms with E-state index in [2.05, 4.69) is 4.98 Å². The van der Waals surface area contributed by atoms with Gasteiger partial charge >= 0.3 is 0 Å². The molecule has 1 atom stereocenters. The Hall–Kier alpha value is -1.51. The van der Waals surface area contributed by atoms with Crippen LogP contribution in [0.15, 0.2) is 24.4 Å². The zero-order chi connectivity index (χ0) is 12.1. The van der Waals surface area contributed by atoms with Gasteiger partial charge in [0, 0.05) is 18.5 Å². The smallest absolute Gasteiger partial charge is 0.145 e. The predicted molar refractivity (Wildman–Crippen MR) is 64.6 cm³/mol. The molecule has 1 aliphatic rings. The van der Waals surface area contributed by atoms with Crippen LogP contribution in [0, 0.1) is 5.92 Å². The summed E-state index contributed by atoms with van der Waals surface area (Å²) in [6, 6.07) is 5.52. The molecule has 1 aliphatic carbocycles. The molecule has 0 spiro atoms. The summed E-state index contributed by atoms with van der Waals surface area (Å²) in [6.07, 6.45) is 6.97. The maximum Gasteiger partial charge on any atom is 0.145 e. The van der Waals surface area contributed by atoms with Gasteiger partial charge < -0.3 is 4.79 Å². The summed E-state index contributed by atoms with van der Waals surface area (Å²) >= 11 is 0. The number of rotatable bonds is 5. The normalized spacial score (nSPS) is 17.9. The van der Waals surface area contributed by atoms with Crippen molar-refractivity contribution in [1.29, 1.82) is 0 Å². The van der Waals surface area contributed by atoms with Gasteiger partial charge in [0.2, 0.25) is 0 Å². The highest BCUT2D eigenvalue weighted by Crippen LogP contribution is 2.31. The van der Waals surface area contributed by atoms with Crippen molar-refractivity contribution in [2.45, 2.75) is 38.0 Å². The van der Waals surface area contributed by atoms with E-state index in [4.69, 9.17) is 0 Å². The molecular weight excluding hydrogens is 214 g/mol. The molecule has 1 saturated carbocycles. The Bertz CT molecular complexity index is 382.